The van der Waals surface area contributed by atoms with Gasteiger partial charge in [-0.3, -0.25) is 0 Å². The first kappa shape index (κ1) is 22.6. The summed E-state index contributed by atoms with van der Waals surface area (Å²) in [5.74, 6) is -1.97. The SMILES string of the molecule is O=C(Nc1ccc2c(c1)OC(F)C(F)(F)O2)N1CC(c2ccc(F)cc2)C(c2ccc(F)cc2)=N1. The van der Waals surface area contributed by atoms with Gasteiger partial charge in [0.15, 0.2) is 11.5 Å². The van der Waals surface area contributed by atoms with Crippen LogP contribution in [0.5, 0.6) is 11.5 Å². The van der Waals surface area contributed by atoms with Crippen LogP contribution in [0.1, 0.15) is 17.0 Å². The first-order chi connectivity index (χ1) is 16.7. The van der Waals surface area contributed by atoms with Gasteiger partial charge in [-0.2, -0.15) is 18.3 Å². The van der Waals surface area contributed by atoms with E-state index in [4.69, 9.17) is 0 Å². The van der Waals surface area contributed by atoms with Crippen molar-refractivity contribution in [1.82, 2.24) is 5.01 Å². The highest BCUT2D eigenvalue weighted by molar-refractivity contribution is 6.07. The van der Waals surface area contributed by atoms with Gasteiger partial charge in [0.1, 0.15) is 11.6 Å². The van der Waals surface area contributed by atoms with Crippen LogP contribution in [0.25, 0.3) is 0 Å². The molecule has 180 valence electrons. The number of anilines is 1. The Morgan fingerprint density at radius 3 is 2.31 bits per heavy atom. The van der Waals surface area contributed by atoms with Crippen molar-refractivity contribution in [2.45, 2.75) is 18.4 Å². The van der Waals surface area contributed by atoms with E-state index in [9.17, 15) is 26.7 Å². The molecule has 3 aromatic rings. The first-order valence-electron chi connectivity index (χ1n) is 10.4. The number of hydrazone groups is 1. The van der Waals surface area contributed by atoms with E-state index in [-0.39, 0.29) is 23.7 Å². The number of hydrogen-bond acceptors (Lipinski definition) is 4. The molecule has 2 amide bonds. The Kier molecular flexibility index (Phi) is 5.54. The van der Waals surface area contributed by atoms with E-state index in [1.54, 1.807) is 12.1 Å². The molecule has 2 unspecified atom stereocenters. The predicted molar refractivity (Wildman–Crippen MR) is 115 cm³/mol. The molecule has 0 bridgehead atoms. The van der Waals surface area contributed by atoms with Crippen molar-refractivity contribution in [3.8, 4) is 11.5 Å². The van der Waals surface area contributed by atoms with Gasteiger partial charge < -0.3 is 14.8 Å². The van der Waals surface area contributed by atoms with Crippen LogP contribution in [-0.2, 0) is 0 Å². The molecule has 6 nitrogen and oxygen atoms in total. The molecule has 11 heteroatoms. The minimum Gasteiger partial charge on any atom is -0.447 e. The Morgan fingerprint density at radius 1 is 0.971 bits per heavy atom. The zero-order chi connectivity index (χ0) is 24.7. The van der Waals surface area contributed by atoms with Crippen LogP contribution in [0, 0.1) is 11.6 Å². The lowest BCUT2D eigenvalue weighted by Gasteiger charge is -2.28. The molecule has 35 heavy (non-hydrogen) atoms. The fraction of sp³-hybridized carbons (Fsp3) is 0.167. The summed E-state index contributed by atoms with van der Waals surface area (Å²) in [5.41, 5.74) is 1.86. The van der Waals surface area contributed by atoms with Crippen LogP contribution in [0.2, 0.25) is 0 Å². The average Bonchev–Trinajstić information content (AvgIpc) is 3.26. The highest BCUT2D eigenvalue weighted by atomic mass is 19.3. The van der Waals surface area contributed by atoms with Crippen molar-refractivity contribution in [2.75, 3.05) is 11.9 Å². The van der Waals surface area contributed by atoms with Crippen LogP contribution in [-0.4, -0.2) is 35.8 Å². The van der Waals surface area contributed by atoms with Gasteiger partial charge in [-0.25, -0.2) is 18.6 Å². The fourth-order valence-electron chi connectivity index (χ4n) is 3.79. The molecule has 2 aliphatic heterocycles. The Hall–Kier alpha value is -4.15. The summed E-state index contributed by atoms with van der Waals surface area (Å²) < 4.78 is 75.9. The van der Waals surface area contributed by atoms with Gasteiger partial charge in [-0.15, -0.1) is 0 Å². The molecule has 3 aromatic carbocycles. The quantitative estimate of drug-likeness (QED) is 0.483. The molecule has 5 rings (SSSR count). The molecule has 0 aromatic heterocycles. The van der Waals surface area contributed by atoms with E-state index < -0.39 is 36.0 Å². The third-order valence-corrected chi connectivity index (χ3v) is 5.50. The number of halogens is 5. The van der Waals surface area contributed by atoms with E-state index >= 15 is 0 Å². The van der Waals surface area contributed by atoms with Gasteiger partial charge in [-0.1, -0.05) is 24.3 Å². The number of carbonyl (C=O) groups is 1. The maximum absolute atomic E-state index is 13.5. The van der Waals surface area contributed by atoms with Crippen LogP contribution in [0.15, 0.2) is 71.8 Å². The van der Waals surface area contributed by atoms with Gasteiger partial charge >= 0.3 is 18.5 Å². The second-order valence-corrected chi connectivity index (χ2v) is 7.87. The zero-order valence-electron chi connectivity index (χ0n) is 17.7. The summed E-state index contributed by atoms with van der Waals surface area (Å²) >= 11 is 0. The maximum Gasteiger partial charge on any atom is 0.468 e. The molecule has 0 aliphatic carbocycles. The number of fused-ring (bicyclic) bond motifs is 1. The maximum atomic E-state index is 13.5. The zero-order valence-corrected chi connectivity index (χ0v) is 17.7. The van der Waals surface area contributed by atoms with E-state index in [0.717, 1.165) is 17.1 Å². The number of nitrogens with one attached hydrogen (secondary N) is 1. The second kappa shape index (κ2) is 8.57. The Balaban J connectivity index is 1.39. The number of urea groups is 1. The second-order valence-electron chi connectivity index (χ2n) is 7.87. The van der Waals surface area contributed by atoms with E-state index in [1.807, 2.05) is 0 Å². The molecule has 0 spiro atoms. The van der Waals surface area contributed by atoms with E-state index in [0.29, 0.717) is 16.8 Å². The molecular formula is C24H16F5N3O3. The highest BCUT2D eigenvalue weighted by Gasteiger charge is 2.49. The van der Waals surface area contributed by atoms with Gasteiger partial charge in [-0.05, 0) is 47.5 Å². The summed E-state index contributed by atoms with van der Waals surface area (Å²) in [6.45, 7) is 0.0908. The van der Waals surface area contributed by atoms with Crippen LogP contribution in [0.4, 0.5) is 32.4 Å². The fourth-order valence-corrected chi connectivity index (χ4v) is 3.79. The molecule has 2 aliphatic rings. The smallest absolute Gasteiger partial charge is 0.447 e. The number of benzene rings is 3. The van der Waals surface area contributed by atoms with Gasteiger partial charge in [0.2, 0.25) is 0 Å². The Labute approximate surface area is 195 Å². The number of ether oxygens (including phenoxy) is 2. The van der Waals surface area contributed by atoms with Crippen LogP contribution in [0.3, 0.4) is 0 Å². The third-order valence-electron chi connectivity index (χ3n) is 5.50. The number of alkyl halides is 3. The third kappa shape index (κ3) is 4.48. The van der Waals surface area contributed by atoms with Crippen molar-refractivity contribution in [3.05, 3.63) is 89.5 Å². The monoisotopic (exact) mass is 489 g/mol. The molecule has 0 fully saturated rings. The highest BCUT2D eigenvalue weighted by Crippen LogP contribution is 2.41. The van der Waals surface area contributed by atoms with Gasteiger partial charge in [0.25, 0.3) is 0 Å². The largest absolute Gasteiger partial charge is 0.468 e. The molecule has 0 saturated carbocycles. The molecule has 0 radical (unpaired) electrons. The van der Waals surface area contributed by atoms with Crippen molar-refractivity contribution in [1.29, 1.82) is 0 Å². The van der Waals surface area contributed by atoms with Crippen molar-refractivity contribution >= 4 is 17.4 Å². The van der Waals surface area contributed by atoms with E-state index in [2.05, 4.69) is 19.9 Å². The van der Waals surface area contributed by atoms with E-state index in [1.165, 1.54) is 42.5 Å². The molecule has 2 heterocycles. The lowest BCUT2D eigenvalue weighted by Crippen LogP contribution is -2.43. The van der Waals surface area contributed by atoms with Crippen LogP contribution >= 0.6 is 0 Å². The normalized spacial score (nSPS) is 20.4. The summed E-state index contributed by atoms with van der Waals surface area (Å²) in [4.78, 5) is 12.9. The number of carbonyl (C=O) groups excluding carboxylic acids is 1. The number of nitrogens with zero attached hydrogens (tertiary/aromatic N) is 2. The summed E-state index contributed by atoms with van der Waals surface area (Å²) in [7, 11) is 0. The summed E-state index contributed by atoms with van der Waals surface area (Å²) in [5, 5.41) is 8.07. The number of amides is 2. The molecular weight excluding hydrogens is 473 g/mol. The molecule has 0 saturated heterocycles. The van der Waals surface area contributed by atoms with Gasteiger partial charge in [0, 0.05) is 17.7 Å². The topological polar surface area (TPSA) is 63.2 Å². The lowest BCUT2D eigenvalue weighted by atomic mass is 9.90. The van der Waals surface area contributed by atoms with Crippen molar-refractivity contribution in [3.63, 3.8) is 0 Å². The molecule has 2 atom stereocenters. The summed E-state index contributed by atoms with van der Waals surface area (Å²) in [6.07, 6.45) is -7.13. The molecule has 1 N–H and O–H groups in total. The number of rotatable bonds is 3. The average molecular weight is 489 g/mol. The minimum absolute atomic E-state index is 0.0908. The van der Waals surface area contributed by atoms with Crippen molar-refractivity contribution < 1.29 is 36.2 Å². The Morgan fingerprint density at radius 2 is 1.63 bits per heavy atom. The predicted octanol–water partition coefficient (Wildman–Crippen LogP) is 5.66. The number of hydrogen-bond donors (Lipinski definition) is 1. The minimum atomic E-state index is -4.13. The standard InChI is InChI=1S/C24H16F5N3O3/c25-15-5-1-13(2-6-15)18-12-32(31-21(18)14-3-7-16(26)8-4-14)23(33)30-17-9-10-19-20(11-17)34-22(27)24(28,29)35-19/h1-11,18,22H,12H2,(H,30,33). The van der Waals surface area contributed by atoms with Gasteiger partial charge in [0.05, 0.1) is 12.3 Å². The van der Waals surface area contributed by atoms with Crippen molar-refractivity contribution in [2.24, 2.45) is 5.10 Å². The van der Waals surface area contributed by atoms with Crippen LogP contribution < -0.4 is 14.8 Å². The first-order valence-corrected chi connectivity index (χ1v) is 10.4. The Bertz CT molecular complexity index is 1300. The summed E-state index contributed by atoms with van der Waals surface area (Å²) in [6, 6.07) is 14.2. The lowest BCUT2D eigenvalue weighted by molar-refractivity contribution is -0.281.